The fourth-order valence-corrected chi connectivity index (χ4v) is 4.09. The second-order valence-corrected chi connectivity index (χ2v) is 7.99. The van der Waals surface area contributed by atoms with Crippen LogP contribution in [0.3, 0.4) is 0 Å². The van der Waals surface area contributed by atoms with Crippen LogP contribution in [0.1, 0.15) is 12.8 Å². The lowest BCUT2D eigenvalue weighted by molar-refractivity contribution is -0.106. The van der Waals surface area contributed by atoms with E-state index in [1.165, 1.54) is 13.1 Å². The Morgan fingerprint density at radius 1 is 1.46 bits per heavy atom. The van der Waals surface area contributed by atoms with Gasteiger partial charge in [0.05, 0.1) is 13.2 Å². The normalized spacial score (nSPS) is 18.0. The molecule has 1 aliphatic rings. The van der Waals surface area contributed by atoms with Gasteiger partial charge in [-0.05, 0) is 50.0 Å². The number of ether oxygens (including phenoxy) is 1. The second-order valence-electron chi connectivity index (χ2n) is 6.65. The van der Waals surface area contributed by atoms with E-state index in [4.69, 9.17) is 4.74 Å². The summed E-state index contributed by atoms with van der Waals surface area (Å²) in [4.78, 5) is 11.0. The Balaban J connectivity index is 1.92. The first-order valence-electron chi connectivity index (χ1n) is 9.14. The summed E-state index contributed by atoms with van der Waals surface area (Å²) in [7, 11) is 1.41. The molecule has 152 valence electrons. The quantitative estimate of drug-likeness (QED) is 0.579. The average Bonchev–Trinajstić information content (AvgIpc) is 2.72. The largest absolute Gasteiger partial charge is 0.506 e. The molecule has 3 N–H and O–H groups in total. The number of nitrogens with one attached hydrogen (secondary N) is 2. The van der Waals surface area contributed by atoms with E-state index in [2.05, 4.69) is 10.0 Å². The van der Waals surface area contributed by atoms with Gasteiger partial charge in [-0.25, -0.2) is 13.3 Å². The summed E-state index contributed by atoms with van der Waals surface area (Å²) < 4.78 is 36.6. The van der Waals surface area contributed by atoms with Crippen LogP contribution in [0.2, 0.25) is 0 Å². The molecular formula is C19H24FN3O4S. The van der Waals surface area contributed by atoms with Gasteiger partial charge in [0, 0.05) is 17.8 Å². The molecule has 0 spiro atoms. The highest BCUT2D eigenvalue weighted by Crippen LogP contribution is 2.38. The van der Waals surface area contributed by atoms with Gasteiger partial charge in [0.25, 0.3) is 0 Å². The van der Waals surface area contributed by atoms with Crippen LogP contribution in [-0.2, 0) is 16.0 Å². The number of aromatic hydroxyl groups is 1. The van der Waals surface area contributed by atoms with Gasteiger partial charge in [0.1, 0.15) is 23.5 Å². The van der Waals surface area contributed by atoms with Crippen molar-refractivity contribution < 1.29 is 23.2 Å². The third kappa shape index (κ3) is 4.43. The molecule has 3 rings (SSSR count). The van der Waals surface area contributed by atoms with Crippen molar-refractivity contribution in [2.75, 3.05) is 37.6 Å². The number of phenols is 1. The third-order valence-corrected chi connectivity index (χ3v) is 5.83. The summed E-state index contributed by atoms with van der Waals surface area (Å²) in [5.41, 5.74) is -0.291. The smallest absolute Gasteiger partial charge is 0.196 e. The first-order valence-corrected chi connectivity index (χ1v) is 10.2. The molecule has 0 saturated carbocycles. The van der Waals surface area contributed by atoms with Crippen LogP contribution in [0.25, 0.3) is 10.8 Å². The first kappa shape index (κ1) is 20.5. The van der Waals surface area contributed by atoms with Crippen molar-refractivity contribution in [1.29, 1.82) is 0 Å². The van der Waals surface area contributed by atoms with Crippen molar-refractivity contribution in [3.63, 3.8) is 0 Å². The zero-order valence-corrected chi connectivity index (χ0v) is 16.4. The highest BCUT2D eigenvalue weighted by molar-refractivity contribution is 7.84. The summed E-state index contributed by atoms with van der Waals surface area (Å²) in [6.45, 7) is 2.12. The lowest BCUT2D eigenvalue weighted by atomic mass is 10.0. The highest BCUT2D eigenvalue weighted by Gasteiger charge is 2.23. The zero-order chi connectivity index (χ0) is 20.1. The summed E-state index contributed by atoms with van der Waals surface area (Å²) in [5.74, 6) is -0.223. The Hall–Kier alpha value is -2.23. The predicted octanol–water partition coefficient (Wildman–Crippen LogP) is 1.87. The van der Waals surface area contributed by atoms with Gasteiger partial charge in [-0.3, -0.25) is 4.31 Å². The zero-order valence-electron chi connectivity index (χ0n) is 15.6. The Bertz CT molecular complexity index is 874. The van der Waals surface area contributed by atoms with Gasteiger partial charge in [-0.15, -0.1) is 0 Å². The molecular weight excluding hydrogens is 385 g/mol. The molecule has 2 aromatic rings. The summed E-state index contributed by atoms with van der Waals surface area (Å²) in [6, 6.07) is 6.33. The number of aldehydes is 1. The molecule has 1 aliphatic heterocycles. The van der Waals surface area contributed by atoms with Crippen LogP contribution >= 0.6 is 0 Å². The van der Waals surface area contributed by atoms with Gasteiger partial charge in [-0.1, -0.05) is 6.07 Å². The van der Waals surface area contributed by atoms with Crippen molar-refractivity contribution in [1.82, 2.24) is 10.0 Å². The number of halogens is 1. The van der Waals surface area contributed by atoms with Crippen molar-refractivity contribution >= 4 is 33.9 Å². The number of carbonyl (C=O) groups excluding carboxylic acids is 1. The standard InChI is InChI=1S/C19H24FN3O4S/c1-21-28(26)23(7-8-24)19-17(25)9-14-4-5-15(10-16(14)18(19)20)27-12-13-3-2-6-22-11-13/h4-5,8-10,13,21-22,25H,2-3,6-7,11-12H2,1H3. The van der Waals surface area contributed by atoms with Gasteiger partial charge in [-0.2, -0.15) is 0 Å². The minimum absolute atomic E-state index is 0.219. The van der Waals surface area contributed by atoms with Crippen molar-refractivity contribution in [2.24, 2.45) is 5.92 Å². The molecule has 2 atom stereocenters. The van der Waals surface area contributed by atoms with E-state index >= 15 is 4.39 Å². The maximum Gasteiger partial charge on any atom is 0.196 e. The van der Waals surface area contributed by atoms with E-state index in [1.807, 2.05) is 0 Å². The van der Waals surface area contributed by atoms with E-state index in [0.29, 0.717) is 29.9 Å². The van der Waals surface area contributed by atoms with Crippen molar-refractivity contribution in [3.8, 4) is 11.5 Å². The van der Waals surface area contributed by atoms with E-state index < -0.39 is 22.7 Å². The Morgan fingerprint density at radius 3 is 2.96 bits per heavy atom. The molecule has 28 heavy (non-hydrogen) atoms. The number of benzene rings is 2. The molecule has 2 unspecified atom stereocenters. The fraction of sp³-hybridized carbons (Fsp3) is 0.421. The maximum absolute atomic E-state index is 15.2. The van der Waals surface area contributed by atoms with Crippen LogP contribution in [0.4, 0.5) is 10.1 Å². The van der Waals surface area contributed by atoms with Gasteiger partial charge >= 0.3 is 0 Å². The molecule has 0 amide bonds. The van der Waals surface area contributed by atoms with Gasteiger partial charge < -0.3 is 20.0 Å². The van der Waals surface area contributed by atoms with Crippen LogP contribution < -0.4 is 19.1 Å². The number of nitrogens with zero attached hydrogens (tertiary/aromatic N) is 1. The maximum atomic E-state index is 15.2. The Morgan fingerprint density at radius 2 is 2.29 bits per heavy atom. The molecule has 0 radical (unpaired) electrons. The lowest BCUT2D eigenvalue weighted by Crippen LogP contribution is -2.35. The number of rotatable bonds is 8. The molecule has 0 bridgehead atoms. The van der Waals surface area contributed by atoms with E-state index in [9.17, 15) is 14.1 Å². The number of anilines is 1. The Kier molecular flexibility index (Phi) is 6.82. The minimum atomic E-state index is -1.88. The predicted molar refractivity (Wildman–Crippen MR) is 107 cm³/mol. The molecule has 1 saturated heterocycles. The number of piperidine rings is 1. The fourth-order valence-electron chi connectivity index (χ4n) is 3.33. The molecule has 2 aromatic carbocycles. The van der Waals surface area contributed by atoms with E-state index in [-0.39, 0.29) is 17.6 Å². The molecule has 1 fully saturated rings. The second kappa shape index (κ2) is 9.31. The van der Waals surface area contributed by atoms with Crippen molar-refractivity contribution in [2.45, 2.75) is 12.8 Å². The third-order valence-electron chi connectivity index (χ3n) is 4.75. The highest BCUT2D eigenvalue weighted by atomic mass is 32.2. The molecule has 0 aromatic heterocycles. The topological polar surface area (TPSA) is 90.9 Å². The van der Waals surface area contributed by atoms with Crippen LogP contribution in [-0.4, -0.2) is 48.9 Å². The molecule has 7 nitrogen and oxygen atoms in total. The average molecular weight is 409 g/mol. The van der Waals surface area contributed by atoms with Gasteiger partial charge in [0.15, 0.2) is 17.0 Å². The summed E-state index contributed by atoms with van der Waals surface area (Å²) in [5, 5.41) is 14.3. The monoisotopic (exact) mass is 409 g/mol. The molecule has 9 heteroatoms. The number of hydrogen-bond acceptors (Lipinski definition) is 5. The number of fused-ring (bicyclic) bond motifs is 1. The molecule has 0 aliphatic carbocycles. The minimum Gasteiger partial charge on any atom is -0.506 e. The number of phenolic OH excluding ortho intramolecular Hbond substituents is 1. The van der Waals surface area contributed by atoms with E-state index in [0.717, 1.165) is 30.2 Å². The number of carbonyl (C=O) groups is 1. The van der Waals surface area contributed by atoms with Crippen molar-refractivity contribution in [3.05, 3.63) is 30.1 Å². The SMILES string of the molecule is CNS(=O)N(CC=O)c1c(O)cc2ccc(OCC3CCCNC3)cc2c1F. The van der Waals surface area contributed by atoms with Crippen LogP contribution in [0.5, 0.6) is 11.5 Å². The lowest BCUT2D eigenvalue weighted by Gasteiger charge is -2.23. The van der Waals surface area contributed by atoms with Crippen LogP contribution in [0.15, 0.2) is 24.3 Å². The first-order chi connectivity index (χ1) is 13.5. The van der Waals surface area contributed by atoms with E-state index in [1.54, 1.807) is 18.2 Å². The Labute approximate surface area is 165 Å². The van der Waals surface area contributed by atoms with Gasteiger partial charge in [0.2, 0.25) is 0 Å². The molecule has 1 heterocycles. The summed E-state index contributed by atoms with van der Waals surface area (Å²) in [6.07, 6.45) is 2.69. The van der Waals surface area contributed by atoms with Crippen LogP contribution in [0, 0.1) is 11.7 Å². The number of hydrogen-bond donors (Lipinski definition) is 3. The summed E-state index contributed by atoms with van der Waals surface area (Å²) >= 11 is -1.88.